The topological polar surface area (TPSA) is 34.1 Å². The monoisotopic (exact) mass is 152 g/mol. The summed E-state index contributed by atoms with van der Waals surface area (Å²) in [5, 5.41) is 0. The van der Waals surface area contributed by atoms with Gasteiger partial charge < -0.3 is 0 Å². The molecule has 0 aliphatic heterocycles. The lowest BCUT2D eigenvalue weighted by Crippen LogP contribution is -2.32. The van der Waals surface area contributed by atoms with E-state index in [4.69, 9.17) is 0 Å². The summed E-state index contributed by atoms with van der Waals surface area (Å²) in [6, 6.07) is 0. The van der Waals surface area contributed by atoms with Crippen LogP contribution in [0.1, 0.15) is 26.7 Å². The summed E-state index contributed by atoms with van der Waals surface area (Å²) in [5.41, 5.74) is -0.764. The van der Waals surface area contributed by atoms with Gasteiger partial charge in [-0.3, -0.25) is 9.59 Å². The molecular formula is C9H12O2. The normalized spacial score (nSPS) is 20.2. The van der Waals surface area contributed by atoms with Gasteiger partial charge in [0.15, 0.2) is 0 Å². The van der Waals surface area contributed by atoms with Crippen molar-refractivity contribution in [3.8, 4) is 0 Å². The number of rotatable bonds is 2. The van der Waals surface area contributed by atoms with E-state index >= 15 is 0 Å². The molecule has 0 radical (unpaired) electrons. The summed E-state index contributed by atoms with van der Waals surface area (Å²) in [6.07, 6.45) is 5.16. The van der Waals surface area contributed by atoms with Gasteiger partial charge in [-0.05, 0) is 26.7 Å². The molecule has 0 amide bonds. The molecule has 11 heavy (non-hydrogen) atoms. The van der Waals surface area contributed by atoms with E-state index in [1.807, 2.05) is 6.08 Å². The first-order valence-corrected chi connectivity index (χ1v) is 3.79. The Bertz CT molecular complexity index is 212. The van der Waals surface area contributed by atoms with E-state index in [1.165, 1.54) is 13.8 Å². The largest absolute Gasteiger partial charge is 0.299 e. The zero-order chi connectivity index (χ0) is 8.48. The number of carbonyl (C=O) groups excluding carboxylic acids is 2. The second-order valence-corrected chi connectivity index (χ2v) is 3.02. The van der Waals surface area contributed by atoms with Gasteiger partial charge >= 0.3 is 0 Å². The van der Waals surface area contributed by atoms with Crippen LogP contribution in [0.4, 0.5) is 0 Å². The van der Waals surface area contributed by atoms with E-state index < -0.39 is 5.41 Å². The Balaban J connectivity index is 2.98. The summed E-state index contributed by atoms with van der Waals surface area (Å²) in [5.74, 6) is -0.0579. The zero-order valence-electron chi connectivity index (χ0n) is 6.89. The van der Waals surface area contributed by atoms with Gasteiger partial charge in [0.1, 0.15) is 17.0 Å². The first-order chi connectivity index (χ1) is 5.09. The average molecular weight is 152 g/mol. The van der Waals surface area contributed by atoms with E-state index in [1.54, 1.807) is 6.08 Å². The molecule has 0 atom stereocenters. The van der Waals surface area contributed by atoms with Gasteiger partial charge in [0.05, 0.1) is 0 Å². The van der Waals surface area contributed by atoms with Crippen molar-refractivity contribution in [2.75, 3.05) is 0 Å². The fraction of sp³-hybridized carbons (Fsp3) is 0.556. The molecule has 0 aromatic carbocycles. The van der Waals surface area contributed by atoms with Crippen LogP contribution in [0.2, 0.25) is 0 Å². The Morgan fingerprint density at radius 2 is 1.82 bits per heavy atom. The van der Waals surface area contributed by atoms with Gasteiger partial charge in [0, 0.05) is 0 Å². The van der Waals surface area contributed by atoms with Gasteiger partial charge in [-0.2, -0.15) is 0 Å². The van der Waals surface area contributed by atoms with E-state index in [9.17, 15) is 9.59 Å². The lowest BCUT2D eigenvalue weighted by atomic mass is 9.80. The van der Waals surface area contributed by atoms with E-state index in [-0.39, 0.29) is 11.6 Å². The molecule has 1 rings (SSSR count). The van der Waals surface area contributed by atoms with Crippen LogP contribution < -0.4 is 0 Å². The van der Waals surface area contributed by atoms with Gasteiger partial charge in [0.2, 0.25) is 0 Å². The molecule has 0 bridgehead atoms. The highest BCUT2D eigenvalue weighted by Gasteiger charge is 2.39. The second kappa shape index (κ2) is 2.61. The number of ketones is 2. The first-order valence-electron chi connectivity index (χ1n) is 3.79. The maximum Gasteiger partial charge on any atom is 0.147 e. The van der Waals surface area contributed by atoms with Crippen LogP contribution in [-0.2, 0) is 9.59 Å². The van der Waals surface area contributed by atoms with Crippen molar-refractivity contribution < 1.29 is 9.59 Å². The lowest BCUT2D eigenvalue weighted by Gasteiger charge is -2.19. The van der Waals surface area contributed by atoms with Crippen LogP contribution >= 0.6 is 0 Å². The minimum Gasteiger partial charge on any atom is -0.299 e. The van der Waals surface area contributed by atoms with Crippen LogP contribution in [-0.4, -0.2) is 11.6 Å². The van der Waals surface area contributed by atoms with E-state index in [0.29, 0.717) is 6.42 Å². The molecule has 1 aliphatic carbocycles. The Morgan fingerprint density at radius 1 is 1.27 bits per heavy atom. The first kappa shape index (κ1) is 8.18. The van der Waals surface area contributed by atoms with Crippen molar-refractivity contribution >= 4 is 11.6 Å². The van der Waals surface area contributed by atoms with Crippen LogP contribution in [0.25, 0.3) is 0 Å². The summed E-state index contributed by atoms with van der Waals surface area (Å²) < 4.78 is 0. The minimum absolute atomic E-state index is 0.0289. The molecule has 60 valence electrons. The van der Waals surface area contributed by atoms with Crippen LogP contribution in [0.15, 0.2) is 12.2 Å². The number of hydrogen-bond acceptors (Lipinski definition) is 2. The quantitative estimate of drug-likeness (QED) is 0.444. The van der Waals surface area contributed by atoms with Crippen LogP contribution in [0.5, 0.6) is 0 Å². The van der Waals surface area contributed by atoms with Crippen molar-refractivity contribution in [1.29, 1.82) is 0 Å². The molecule has 1 aliphatic rings. The van der Waals surface area contributed by atoms with Crippen LogP contribution in [0.3, 0.4) is 0 Å². The molecule has 0 aromatic rings. The summed E-state index contributed by atoms with van der Waals surface area (Å²) in [6.45, 7) is 2.97. The third-order valence-corrected chi connectivity index (χ3v) is 2.36. The van der Waals surface area contributed by atoms with Crippen molar-refractivity contribution in [2.45, 2.75) is 26.7 Å². The highest BCUT2D eigenvalue weighted by Crippen LogP contribution is 2.33. The fourth-order valence-electron chi connectivity index (χ4n) is 1.51. The summed E-state index contributed by atoms with van der Waals surface area (Å²) in [7, 11) is 0. The van der Waals surface area contributed by atoms with Crippen molar-refractivity contribution in [1.82, 2.24) is 0 Å². The number of allylic oxidation sites excluding steroid dienone is 2. The molecule has 2 heteroatoms. The minimum atomic E-state index is -0.764. The van der Waals surface area contributed by atoms with Gasteiger partial charge in [-0.25, -0.2) is 0 Å². The molecule has 0 saturated heterocycles. The third-order valence-electron chi connectivity index (χ3n) is 2.36. The zero-order valence-corrected chi connectivity index (χ0v) is 6.89. The predicted octanol–water partition coefficient (Wildman–Crippen LogP) is 1.50. The van der Waals surface area contributed by atoms with Crippen molar-refractivity contribution in [2.24, 2.45) is 5.41 Å². The van der Waals surface area contributed by atoms with E-state index in [2.05, 4.69) is 0 Å². The van der Waals surface area contributed by atoms with Crippen LogP contribution in [0, 0.1) is 5.41 Å². The maximum atomic E-state index is 11.1. The predicted molar refractivity (Wildman–Crippen MR) is 42.2 cm³/mol. The number of hydrogen-bond donors (Lipinski definition) is 0. The lowest BCUT2D eigenvalue weighted by molar-refractivity contribution is -0.135. The highest BCUT2D eigenvalue weighted by molar-refractivity contribution is 6.07. The summed E-state index contributed by atoms with van der Waals surface area (Å²) in [4.78, 5) is 22.3. The molecule has 0 heterocycles. The van der Waals surface area contributed by atoms with Crippen molar-refractivity contribution in [3.63, 3.8) is 0 Å². The highest BCUT2D eigenvalue weighted by atomic mass is 16.2. The smallest absolute Gasteiger partial charge is 0.147 e. The maximum absolute atomic E-state index is 11.1. The Kier molecular flexibility index (Phi) is 1.94. The average Bonchev–Trinajstić information content (AvgIpc) is 2.34. The number of Topliss-reactive ketones (excluding diaryl/α,β-unsaturated/α-hetero) is 2. The van der Waals surface area contributed by atoms with Crippen molar-refractivity contribution in [3.05, 3.63) is 12.2 Å². The molecule has 0 aromatic heterocycles. The molecule has 0 spiro atoms. The Hall–Kier alpha value is -0.920. The van der Waals surface area contributed by atoms with E-state index in [0.717, 1.165) is 6.42 Å². The third kappa shape index (κ3) is 1.13. The van der Waals surface area contributed by atoms with Gasteiger partial charge in [0.25, 0.3) is 0 Å². The molecule has 0 N–H and O–H groups in total. The molecule has 2 nitrogen and oxygen atoms in total. The molecule has 0 unspecified atom stereocenters. The number of carbonyl (C=O) groups is 2. The Morgan fingerprint density at radius 3 is 2.00 bits per heavy atom. The molecule has 0 saturated carbocycles. The second-order valence-electron chi connectivity index (χ2n) is 3.02. The Labute approximate surface area is 66.3 Å². The standard InChI is InChI=1S/C9H12O2/c1-7(10)9(8(2)11)5-3-4-6-9/h3,5H,4,6H2,1-2H3. The molecule has 0 fully saturated rings. The fourth-order valence-corrected chi connectivity index (χ4v) is 1.51. The summed E-state index contributed by atoms with van der Waals surface area (Å²) >= 11 is 0. The van der Waals surface area contributed by atoms with Gasteiger partial charge in [-0.15, -0.1) is 0 Å². The van der Waals surface area contributed by atoms with Gasteiger partial charge in [-0.1, -0.05) is 12.2 Å². The molecular weight excluding hydrogens is 140 g/mol. The SMILES string of the molecule is CC(=O)C1(C(C)=O)C=CCC1.